The minimum atomic E-state index is -1.39. The van der Waals surface area contributed by atoms with E-state index >= 15 is 0 Å². The maximum Gasteiger partial charge on any atom is 0.350 e. The van der Waals surface area contributed by atoms with Gasteiger partial charge in [0.1, 0.15) is 17.6 Å². The van der Waals surface area contributed by atoms with Crippen LogP contribution in [-0.4, -0.2) is 23.6 Å². The van der Waals surface area contributed by atoms with Gasteiger partial charge in [-0.2, -0.15) is 5.26 Å². The minimum absolute atomic E-state index is 0.290. The van der Waals surface area contributed by atoms with Crippen LogP contribution >= 0.6 is 0 Å². The Morgan fingerprint density at radius 3 is 2.41 bits per heavy atom. The molecule has 6 nitrogen and oxygen atoms in total. The topological polar surface area (TPSA) is 88.4 Å². The summed E-state index contributed by atoms with van der Waals surface area (Å²) in [6, 6.07) is 13.6. The first kappa shape index (κ1) is 19.9. The summed E-state index contributed by atoms with van der Waals surface area (Å²) < 4.78 is 23.7. The monoisotopic (exact) mass is 370 g/mol. The first-order chi connectivity index (χ1) is 12.7. The lowest BCUT2D eigenvalue weighted by molar-refractivity contribution is -0.166. The second-order valence-corrected chi connectivity index (χ2v) is 6.26. The highest BCUT2D eigenvalue weighted by Gasteiger charge is 2.34. The van der Waals surface area contributed by atoms with E-state index in [0.29, 0.717) is 17.0 Å². The van der Waals surface area contributed by atoms with Crippen LogP contribution in [0, 0.1) is 17.1 Å². The standard InChI is InChI=1S/C20H19FN2O4/c1-13(18(24)23-17-7-5-4-6-14(17)12-22)26-19(25)20(2,3)27-16-10-8-15(21)9-11-16/h4-11,13H,1-3H3,(H,23,24)/t13-/m0/s1. The van der Waals surface area contributed by atoms with Crippen molar-refractivity contribution < 1.29 is 23.5 Å². The summed E-state index contributed by atoms with van der Waals surface area (Å²) in [5.74, 6) is -1.48. The number of halogens is 1. The number of hydrogen-bond acceptors (Lipinski definition) is 5. The smallest absolute Gasteiger partial charge is 0.350 e. The molecule has 1 N–H and O–H groups in total. The Bertz CT molecular complexity index is 872. The Balaban J connectivity index is 1.99. The van der Waals surface area contributed by atoms with Crippen molar-refractivity contribution in [2.75, 3.05) is 5.32 Å². The van der Waals surface area contributed by atoms with Gasteiger partial charge in [0.15, 0.2) is 11.7 Å². The molecule has 1 atom stereocenters. The average Bonchev–Trinajstić information content (AvgIpc) is 2.63. The molecule has 0 fully saturated rings. The fourth-order valence-electron chi connectivity index (χ4n) is 2.12. The highest BCUT2D eigenvalue weighted by Crippen LogP contribution is 2.21. The predicted molar refractivity (Wildman–Crippen MR) is 96.4 cm³/mol. The zero-order valence-electron chi connectivity index (χ0n) is 15.2. The summed E-state index contributed by atoms with van der Waals surface area (Å²) in [5.41, 5.74) is -0.768. The molecule has 0 unspecified atom stereocenters. The molecule has 0 aliphatic carbocycles. The van der Waals surface area contributed by atoms with E-state index in [9.17, 15) is 14.0 Å². The number of para-hydroxylation sites is 1. The van der Waals surface area contributed by atoms with Crippen molar-refractivity contribution in [1.29, 1.82) is 5.26 Å². The molecule has 140 valence electrons. The lowest BCUT2D eigenvalue weighted by atomic mass is 10.1. The van der Waals surface area contributed by atoms with Crippen LogP contribution in [0.4, 0.5) is 10.1 Å². The summed E-state index contributed by atoms with van der Waals surface area (Å²) in [6.45, 7) is 4.37. The van der Waals surface area contributed by atoms with E-state index in [1.54, 1.807) is 24.3 Å². The molecule has 0 bridgehead atoms. The Morgan fingerprint density at radius 2 is 1.78 bits per heavy atom. The molecule has 1 amide bonds. The molecule has 27 heavy (non-hydrogen) atoms. The number of hydrogen-bond donors (Lipinski definition) is 1. The van der Waals surface area contributed by atoms with Gasteiger partial charge in [0.05, 0.1) is 11.3 Å². The van der Waals surface area contributed by atoms with Crippen molar-refractivity contribution in [2.45, 2.75) is 32.5 Å². The second kappa shape index (κ2) is 8.32. The van der Waals surface area contributed by atoms with Gasteiger partial charge in [0.25, 0.3) is 5.91 Å². The van der Waals surface area contributed by atoms with Crippen LogP contribution in [0.25, 0.3) is 0 Å². The van der Waals surface area contributed by atoms with Crippen molar-refractivity contribution in [3.63, 3.8) is 0 Å². The van der Waals surface area contributed by atoms with Crippen molar-refractivity contribution in [2.24, 2.45) is 0 Å². The van der Waals surface area contributed by atoms with Gasteiger partial charge < -0.3 is 14.8 Å². The minimum Gasteiger partial charge on any atom is -0.476 e. The predicted octanol–water partition coefficient (Wildman–Crippen LogP) is 3.43. The van der Waals surface area contributed by atoms with Crippen molar-refractivity contribution >= 4 is 17.6 Å². The molecular formula is C20H19FN2O4. The summed E-state index contributed by atoms with van der Waals surface area (Å²) in [5, 5.41) is 11.6. The van der Waals surface area contributed by atoms with Crippen molar-refractivity contribution in [3.8, 4) is 11.8 Å². The number of rotatable bonds is 6. The lowest BCUT2D eigenvalue weighted by Gasteiger charge is -2.26. The van der Waals surface area contributed by atoms with Crippen LogP contribution in [0.5, 0.6) is 5.75 Å². The molecule has 0 spiro atoms. The molecule has 0 heterocycles. The molecule has 0 aliphatic heterocycles. The Morgan fingerprint density at radius 1 is 1.15 bits per heavy atom. The molecule has 0 aliphatic rings. The van der Waals surface area contributed by atoms with E-state index in [-0.39, 0.29) is 0 Å². The number of amides is 1. The van der Waals surface area contributed by atoms with Gasteiger partial charge in [-0.05, 0) is 57.2 Å². The van der Waals surface area contributed by atoms with Crippen LogP contribution in [-0.2, 0) is 14.3 Å². The maximum absolute atomic E-state index is 13.0. The van der Waals surface area contributed by atoms with Gasteiger partial charge in [-0.25, -0.2) is 9.18 Å². The van der Waals surface area contributed by atoms with E-state index < -0.39 is 29.4 Å². The number of carbonyl (C=O) groups excluding carboxylic acids is 2. The van der Waals surface area contributed by atoms with E-state index in [4.69, 9.17) is 14.7 Å². The number of nitrogens with zero attached hydrogens (tertiary/aromatic N) is 1. The van der Waals surface area contributed by atoms with Gasteiger partial charge in [0.2, 0.25) is 0 Å². The molecule has 0 saturated heterocycles. The summed E-state index contributed by atoms with van der Waals surface area (Å²) in [7, 11) is 0. The van der Waals surface area contributed by atoms with Crippen LogP contribution < -0.4 is 10.1 Å². The molecule has 2 aromatic carbocycles. The van der Waals surface area contributed by atoms with Crippen molar-refractivity contribution in [1.82, 2.24) is 0 Å². The molecule has 0 saturated carbocycles. The molecule has 2 aromatic rings. The highest BCUT2D eigenvalue weighted by molar-refractivity contribution is 5.96. The van der Waals surface area contributed by atoms with Crippen LogP contribution in [0.3, 0.4) is 0 Å². The fraction of sp³-hybridized carbons (Fsp3) is 0.250. The maximum atomic E-state index is 13.0. The van der Waals surface area contributed by atoms with Crippen LogP contribution in [0.1, 0.15) is 26.3 Å². The third-order valence-corrected chi connectivity index (χ3v) is 3.64. The zero-order valence-corrected chi connectivity index (χ0v) is 15.2. The number of ether oxygens (including phenoxy) is 2. The molecule has 0 radical (unpaired) electrons. The zero-order chi connectivity index (χ0) is 20.0. The fourth-order valence-corrected chi connectivity index (χ4v) is 2.12. The normalized spacial score (nSPS) is 11.8. The molecular weight excluding hydrogens is 351 g/mol. The Kier molecular flexibility index (Phi) is 6.14. The van der Waals surface area contributed by atoms with Crippen LogP contribution in [0.15, 0.2) is 48.5 Å². The van der Waals surface area contributed by atoms with Gasteiger partial charge in [0, 0.05) is 0 Å². The first-order valence-corrected chi connectivity index (χ1v) is 8.18. The number of esters is 1. The summed E-state index contributed by atoms with van der Waals surface area (Å²) >= 11 is 0. The number of nitrogens with one attached hydrogen (secondary N) is 1. The second-order valence-electron chi connectivity index (χ2n) is 6.26. The summed E-state index contributed by atoms with van der Waals surface area (Å²) in [4.78, 5) is 24.6. The van der Waals surface area contributed by atoms with E-state index in [0.717, 1.165) is 0 Å². The lowest BCUT2D eigenvalue weighted by Crippen LogP contribution is -2.43. The van der Waals surface area contributed by atoms with Gasteiger partial charge in [-0.15, -0.1) is 0 Å². The largest absolute Gasteiger partial charge is 0.476 e. The van der Waals surface area contributed by atoms with E-state index in [1.165, 1.54) is 45.0 Å². The third kappa shape index (κ3) is 5.28. The average molecular weight is 370 g/mol. The number of anilines is 1. The van der Waals surface area contributed by atoms with Gasteiger partial charge in [-0.3, -0.25) is 4.79 Å². The molecule has 0 aromatic heterocycles. The Hall–Kier alpha value is -3.40. The number of nitriles is 1. The Labute approximate surface area is 156 Å². The summed E-state index contributed by atoms with van der Waals surface area (Å²) in [6.07, 6.45) is -1.11. The highest BCUT2D eigenvalue weighted by atomic mass is 19.1. The number of benzene rings is 2. The first-order valence-electron chi connectivity index (χ1n) is 8.18. The van der Waals surface area contributed by atoms with Gasteiger partial charge >= 0.3 is 5.97 Å². The molecule has 2 rings (SSSR count). The third-order valence-electron chi connectivity index (χ3n) is 3.64. The quantitative estimate of drug-likeness (QED) is 0.787. The van der Waals surface area contributed by atoms with Crippen molar-refractivity contribution in [3.05, 3.63) is 59.9 Å². The molecule has 7 heteroatoms. The van der Waals surface area contributed by atoms with Gasteiger partial charge in [-0.1, -0.05) is 12.1 Å². The van der Waals surface area contributed by atoms with E-state index in [1.807, 2.05) is 6.07 Å². The SMILES string of the molecule is C[C@H](OC(=O)C(C)(C)Oc1ccc(F)cc1)C(=O)Nc1ccccc1C#N. The van der Waals surface area contributed by atoms with E-state index in [2.05, 4.69) is 5.32 Å². The van der Waals surface area contributed by atoms with Crippen LogP contribution in [0.2, 0.25) is 0 Å². The number of carbonyl (C=O) groups is 2.